The van der Waals surface area contributed by atoms with Gasteiger partial charge in [0.1, 0.15) is 0 Å². The number of sulfone groups is 1. The van der Waals surface area contributed by atoms with Crippen LogP contribution in [-0.2, 0) is 19.4 Å². The summed E-state index contributed by atoms with van der Waals surface area (Å²) in [6, 6.07) is -0.293. The first-order chi connectivity index (χ1) is 8.35. The van der Waals surface area contributed by atoms with Crippen LogP contribution in [0.2, 0.25) is 0 Å². The highest BCUT2D eigenvalue weighted by molar-refractivity contribution is 7.91. The molecule has 0 saturated carbocycles. The Bertz CT molecular complexity index is 455. The Balaban J connectivity index is 1.70. The fraction of sp³-hybridized carbons (Fsp3) is 0.800. The zero-order valence-corrected chi connectivity index (χ0v) is 10.6. The van der Waals surface area contributed by atoms with E-state index in [4.69, 9.17) is 5.11 Å². The molecule has 2 saturated heterocycles. The Kier molecular flexibility index (Phi) is 3.58. The minimum Gasteiger partial charge on any atom is -0.481 e. The van der Waals surface area contributed by atoms with Crippen molar-refractivity contribution in [2.45, 2.75) is 12.5 Å². The molecule has 2 rings (SSSR count). The summed E-state index contributed by atoms with van der Waals surface area (Å²) in [6.07, 6.45) is 0.464. The van der Waals surface area contributed by atoms with E-state index < -0.39 is 15.8 Å². The minimum absolute atomic E-state index is 0.0104. The summed E-state index contributed by atoms with van der Waals surface area (Å²) in [7, 11) is -2.99. The largest absolute Gasteiger partial charge is 0.481 e. The molecule has 7 nitrogen and oxygen atoms in total. The summed E-state index contributed by atoms with van der Waals surface area (Å²) in [4.78, 5) is 23.9. The molecule has 102 valence electrons. The number of carbonyl (C=O) groups excluding carboxylic acids is 1. The number of hydrogen-bond acceptors (Lipinski definition) is 5. The Hall–Kier alpha value is -1.15. The molecule has 0 spiro atoms. The zero-order valence-electron chi connectivity index (χ0n) is 9.83. The van der Waals surface area contributed by atoms with Gasteiger partial charge in [0.05, 0.1) is 24.0 Å². The standard InChI is InChI=1S/C10H16N2O5S/c13-9(5-12-3-7(4-12)10(14)15)11-8-1-2-18(16,17)6-8/h7-8H,1-6H2,(H,11,13)(H,14,15). The summed E-state index contributed by atoms with van der Waals surface area (Å²) in [5.41, 5.74) is 0. The second-order valence-corrected chi connectivity index (χ2v) is 7.13. The summed E-state index contributed by atoms with van der Waals surface area (Å²) in [5, 5.41) is 11.3. The van der Waals surface area contributed by atoms with E-state index in [0.717, 1.165) is 0 Å². The first-order valence-electron chi connectivity index (χ1n) is 5.81. The first-order valence-corrected chi connectivity index (χ1v) is 7.63. The molecule has 0 aromatic heterocycles. The number of likely N-dealkylation sites (tertiary alicyclic amines) is 1. The Labute approximate surface area is 105 Å². The molecule has 18 heavy (non-hydrogen) atoms. The Morgan fingerprint density at radius 3 is 2.50 bits per heavy atom. The van der Waals surface area contributed by atoms with Gasteiger partial charge in [-0.1, -0.05) is 0 Å². The summed E-state index contributed by atoms with van der Waals surface area (Å²) in [5.74, 6) is -1.32. The van der Waals surface area contributed by atoms with Crippen LogP contribution in [0.25, 0.3) is 0 Å². The number of nitrogens with one attached hydrogen (secondary N) is 1. The van der Waals surface area contributed by atoms with E-state index in [0.29, 0.717) is 19.5 Å². The van der Waals surface area contributed by atoms with Gasteiger partial charge in [0.2, 0.25) is 5.91 Å². The molecule has 2 aliphatic heterocycles. The van der Waals surface area contributed by atoms with Gasteiger partial charge in [-0.2, -0.15) is 0 Å². The fourth-order valence-corrected chi connectivity index (χ4v) is 3.91. The van der Waals surface area contributed by atoms with Crippen molar-refractivity contribution >= 4 is 21.7 Å². The van der Waals surface area contributed by atoms with Crippen LogP contribution < -0.4 is 5.32 Å². The Morgan fingerprint density at radius 2 is 2.00 bits per heavy atom. The maximum atomic E-state index is 11.6. The van der Waals surface area contributed by atoms with Gasteiger partial charge in [0, 0.05) is 19.1 Å². The summed E-state index contributed by atoms with van der Waals surface area (Å²) < 4.78 is 22.4. The maximum absolute atomic E-state index is 11.6. The van der Waals surface area contributed by atoms with E-state index in [1.54, 1.807) is 4.90 Å². The third kappa shape index (κ3) is 3.20. The van der Waals surface area contributed by atoms with Crippen molar-refractivity contribution in [2.24, 2.45) is 5.92 Å². The lowest BCUT2D eigenvalue weighted by Crippen LogP contribution is -2.54. The molecule has 0 aliphatic carbocycles. The second kappa shape index (κ2) is 4.85. The van der Waals surface area contributed by atoms with Crippen molar-refractivity contribution < 1.29 is 23.1 Å². The van der Waals surface area contributed by atoms with Crippen molar-refractivity contribution in [3.63, 3.8) is 0 Å². The van der Waals surface area contributed by atoms with Gasteiger partial charge in [0.15, 0.2) is 9.84 Å². The minimum atomic E-state index is -2.99. The number of rotatable bonds is 4. The molecule has 2 N–H and O–H groups in total. The molecular weight excluding hydrogens is 260 g/mol. The number of carboxylic acids is 1. The lowest BCUT2D eigenvalue weighted by molar-refractivity contribution is -0.148. The van der Waals surface area contributed by atoms with Gasteiger partial charge in [-0.3, -0.25) is 14.5 Å². The molecule has 2 fully saturated rings. The fourth-order valence-electron chi connectivity index (χ4n) is 2.24. The van der Waals surface area contributed by atoms with Crippen LogP contribution >= 0.6 is 0 Å². The topological polar surface area (TPSA) is 104 Å². The SMILES string of the molecule is O=C(CN1CC(C(=O)O)C1)NC1CCS(=O)(=O)C1. The number of carboxylic acid groups (broad SMARTS) is 1. The van der Waals surface area contributed by atoms with Crippen LogP contribution in [0.5, 0.6) is 0 Å². The number of nitrogens with zero attached hydrogens (tertiary/aromatic N) is 1. The van der Waals surface area contributed by atoms with Crippen molar-refractivity contribution in [3.05, 3.63) is 0 Å². The normalized spacial score (nSPS) is 27.7. The lowest BCUT2D eigenvalue weighted by atomic mass is 10.0. The van der Waals surface area contributed by atoms with Crippen molar-refractivity contribution in [1.29, 1.82) is 0 Å². The molecule has 0 radical (unpaired) electrons. The van der Waals surface area contributed by atoms with Gasteiger partial charge >= 0.3 is 5.97 Å². The second-order valence-electron chi connectivity index (χ2n) is 4.90. The average Bonchev–Trinajstić information content (AvgIpc) is 2.50. The van der Waals surface area contributed by atoms with Crippen molar-refractivity contribution in [1.82, 2.24) is 10.2 Å². The molecule has 2 heterocycles. The van der Waals surface area contributed by atoms with E-state index in [-0.39, 0.29) is 35.9 Å². The molecule has 0 aromatic carbocycles. The van der Waals surface area contributed by atoms with E-state index in [2.05, 4.69) is 5.32 Å². The van der Waals surface area contributed by atoms with Crippen LogP contribution in [0.3, 0.4) is 0 Å². The van der Waals surface area contributed by atoms with Crippen molar-refractivity contribution in [3.8, 4) is 0 Å². The van der Waals surface area contributed by atoms with Crippen LogP contribution in [0.4, 0.5) is 0 Å². The molecule has 8 heteroatoms. The van der Waals surface area contributed by atoms with Crippen LogP contribution in [0, 0.1) is 5.92 Å². The molecule has 0 aromatic rings. The van der Waals surface area contributed by atoms with E-state index >= 15 is 0 Å². The maximum Gasteiger partial charge on any atom is 0.309 e. The first kappa shape index (κ1) is 13.3. The quantitative estimate of drug-likeness (QED) is 0.635. The average molecular weight is 276 g/mol. The third-order valence-corrected chi connectivity index (χ3v) is 5.04. The Morgan fingerprint density at radius 1 is 1.33 bits per heavy atom. The van der Waals surface area contributed by atoms with Gasteiger partial charge in [-0.05, 0) is 6.42 Å². The molecule has 2 aliphatic rings. The number of amides is 1. The zero-order chi connectivity index (χ0) is 13.3. The highest BCUT2D eigenvalue weighted by atomic mass is 32.2. The molecule has 1 atom stereocenters. The molecule has 0 bridgehead atoms. The smallest absolute Gasteiger partial charge is 0.309 e. The molecule has 1 amide bonds. The van der Waals surface area contributed by atoms with Gasteiger partial charge in [-0.15, -0.1) is 0 Å². The predicted octanol–water partition coefficient (Wildman–Crippen LogP) is -1.69. The van der Waals surface area contributed by atoms with E-state index in [9.17, 15) is 18.0 Å². The lowest BCUT2D eigenvalue weighted by Gasteiger charge is -2.36. The molecular formula is C10H16N2O5S. The van der Waals surface area contributed by atoms with Crippen LogP contribution in [0.1, 0.15) is 6.42 Å². The summed E-state index contributed by atoms with van der Waals surface area (Å²) >= 11 is 0. The molecule has 1 unspecified atom stereocenters. The van der Waals surface area contributed by atoms with E-state index in [1.807, 2.05) is 0 Å². The van der Waals surface area contributed by atoms with E-state index in [1.165, 1.54) is 0 Å². The summed E-state index contributed by atoms with van der Waals surface area (Å²) in [6.45, 7) is 0.901. The van der Waals surface area contributed by atoms with Gasteiger partial charge in [-0.25, -0.2) is 8.42 Å². The number of carbonyl (C=O) groups is 2. The number of aliphatic carboxylic acids is 1. The number of hydrogen-bond donors (Lipinski definition) is 2. The highest BCUT2D eigenvalue weighted by Crippen LogP contribution is 2.15. The highest BCUT2D eigenvalue weighted by Gasteiger charge is 2.34. The van der Waals surface area contributed by atoms with Gasteiger partial charge < -0.3 is 10.4 Å². The van der Waals surface area contributed by atoms with Crippen molar-refractivity contribution in [2.75, 3.05) is 31.1 Å². The van der Waals surface area contributed by atoms with Crippen LogP contribution in [0.15, 0.2) is 0 Å². The van der Waals surface area contributed by atoms with Gasteiger partial charge in [0.25, 0.3) is 0 Å². The third-order valence-electron chi connectivity index (χ3n) is 3.27. The predicted molar refractivity (Wildman–Crippen MR) is 62.8 cm³/mol. The van der Waals surface area contributed by atoms with Crippen LogP contribution in [-0.4, -0.2) is 67.5 Å². The monoisotopic (exact) mass is 276 g/mol.